The van der Waals surface area contributed by atoms with Crippen LogP contribution in [-0.2, 0) is 19.2 Å². The van der Waals surface area contributed by atoms with Crippen molar-refractivity contribution in [3.05, 3.63) is 144 Å². The van der Waals surface area contributed by atoms with E-state index in [9.17, 15) is 19.2 Å². The molecule has 4 atom stereocenters. The zero-order valence-electron chi connectivity index (χ0n) is 26.2. The molecule has 6 heterocycles. The van der Waals surface area contributed by atoms with Crippen LogP contribution in [0.2, 0.25) is 0 Å². The molecule has 2 saturated heterocycles. The van der Waals surface area contributed by atoms with Gasteiger partial charge in [-0.25, -0.2) is 9.98 Å². The molecule has 6 aliphatic heterocycles. The molecule has 10 nitrogen and oxygen atoms in total. The van der Waals surface area contributed by atoms with Crippen LogP contribution < -0.4 is 19.6 Å². The highest BCUT2D eigenvalue weighted by Gasteiger charge is 2.57. The molecule has 2 fully saturated rings. The minimum absolute atomic E-state index is 0.348. The number of amides is 4. The third-order valence-corrected chi connectivity index (χ3v) is 10.7. The van der Waals surface area contributed by atoms with Crippen LogP contribution in [0, 0.1) is 0 Å². The highest BCUT2D eigenvalue weighted by Crippen LogP contribution is 2.50. The average molecular weight is 653 g/mol. The molecule has 0 spiro atoms. The second-order valence-corrected chi connectivity index (χ2v) is 13.1. The summed E-state index contributed by atoms with van der Waals surface area (Å²) in [6.45, 7) is 0. The molecule has 6 aliphatic rings. The van der Waals surface area contributed by atoms with Crippen molar-refractivity contribution < 1.29 is 19.2 Å². The molecule has 10 heteroatoms. The minimum atomic E-state index is -1.14. The zero-order chi connectivity index (χ0) is 33.4. The van der Waals surface area contributed by atoms with E-state index in [1.54, 1.807) is 43.9 Å². The number of hydrogen-bond donors (Lipinski definition) is 0. The van der Waals surface area contributed by atoms with E-state index in [0.717, 1.165) is 11.1 Å². The molecule has 5 aromatic rings. The third-order valence-electron chi connectivity index (χ3n) is 10.7. The number of para-hydroxylation sites is 6. The van der Waals surface area contributed by atoms with Crippen molar-refractivity contribution in [2.45, 2.75) is 24.2 Å². The van der Waals surface area contributed by atoms with Crippen molar-refractivity contribution in [3.63, 3.8) is 0 Å². The van der Waals surface area contributed by atoms with E-state index in [-0.39, 0.29) is 23.6 Å². The van der Waals surface area contributed by atoms with Gasteiger partial charge in [-0.05, 0) is 47.5 Å². The Hall–Kier alpha value is -6.68. The topological polar surface area (TPSA) is 106 Å². The van der Waals surface area contributed by atoms with Gasteiger partial charge in [-0.1, -0.05) is 84.9 Å². The standard InChI is InChI=1S/C40H24N6O4/c47-37-31(39(49)45-29-15-7-3-11-25(29)41-33-23-9-1-5-13-27(23)43(37)35(33)45)21-17-19-22(20-18-21)32-38(48)44-28-14-6-2-10-24(28)34-36(44)46(40(32)50)30-16-8-4-12-26(30)42-34/h1-20,31-32,35-36H. The number of hydrogen-bond acceptors (Lipinski definition) is 6. The van der Waals surface area contributed by atoms with Crippen LogP contribution >= 0.6 is 0 Å². The van der Waals surface area contributed by atoms with Crippen LogP contribution in [0.3, 0.4) is 0 Å². The van der Waals surface area contributed by atoms with E-state index in [0.29, 0.717) is 56.7 Å². The normalized spacial score (nSPS) is 23.4. The summed E-state index contributed by atoms with van der Waals surface area (Å²) in [5.74, 6) is -3.68. The fraction of sp³-hybridized carbons (Fsp3) is 0.100. The van der Waals surface area contributed by atoms with Crippen LogP contribution in [0.5, 0.6) is 0 Å². The Morgan fingerprint density at radius 2 is 0.700 bits per heavy atom. The number of benzene rings is 5. The van der Waals surface area contributed by atoms with Gasteiger partial charge in [0.2, 0.25) is 23.6 Å². The monoisotopic (exact) mass is 652 g/mol. The maximum absolute atomic E-state index is 14.5. The molecule has 11 rings (SSSR count). The molecular weight excluding hydrogens is 628 g/mol. The molecule has 0 aliphatic carbocycles. The van der Waals surface area contributed by atoms with Crippen molar-refractivity contribution >= 4 is 69.2 Å². The second-order valence-electron chi connectivity index (χ2n) is 13.1. The van der Waals surface area contributed by atoms with Gasteiger partial charge in [0.25, 0.3) is 0 Å². The van der Waals surface area contributed by atoms with Gasteiger partial charge in [-0.2, -0.15) is 0 Å². The van der Waals surface area contributed by atoms with E-state index in [1.807, 2.05) is 97.1 Å². The van der Waals surface area contributed by atoms with E-state index in [4.69, 9.17) is 9.98 Å². The Bertz CT molecular complexity index is 2300. The lowest BCUT2D eigenvalue weighted by atomic mass is 9.87. The fourth-order valence-electron chi connectivity index (χ4n) is 8.52. The minimum Gasteiger partial charge on any atom is -0.283 e. The van der Waals surface area contributed by atoms with Gasteiger partial charge in [0.05, 0.1) is 45.5 Å². The zero-order valence-corrected chi connectivity index (χ0v) is 26.2. The van der Waals surface area contributed by atoms with E-state index >= 15 is 0 Å². The molecule has 0 radical (unpaired) electrons. The lowest BCUT2D eigenvalue weighted by Gasteiger charge is -2.45. The molecule has 0 aromatic heterocycles. The predicted molar refractivity (Wildman–Crippen MR) is 188 cm³/mol. The lowest BCUT2D eigenvalue weighted by Crippen LogP contribution is -2.64. The first-order valence-electron chi connectivity index (χ1n) is 16.5. The highest BCUT2D eigenvalue weighted by molar-refractivity contribution is 6.34. The molecule has 0 bridgehead atoms. The van der Waals surface area contributed by atoms with Gasteiger partial charge in [0.1, 0.15) is 11.8 Å². The van der Waals surface area contributed by atoms with Crippen LogP contribution in [0.25, 0.3) is 0 Å². The molecule has 0 saturated carbocycles. The predicted octanol–water partition coefficient (Wildman–Crippen LogP) is 5.56. The van der Waals surface area contributed by atoms with Crippen molar-refractivity contribution in [1.29, 1.82) is 0 Å². The molecular formula is C40H24N6O4. The van der Waals surface area contributed by atoms with Crippen LogP contribution in [0.4, 0.5) is 34.1 Å². The number of anilines is 4. The Morgan fingerprint density at radius 3 is 1.10 bits per heavy atom. The van der Waals surface area contributed by atoms with Gasteiger partial charge in [0.15, 0.2) is 12.3 Å². The van der Waals surface area contributed by atoms with Crippen LogP contribution in [0.1, 0.15) is 34.1 Å². The van der Waals surface area contributed by atoms with Crippen LogP contribution in [-0.4, -0.2) is 47.4 Å². The van der Waals surface area contributed by atoms with Crippen molar-refractivity contribution in [2.24, 2.45) is 9.98 Å². The Labute approximate surface area is 285 Å². The lowest BCUT2D eigenvalue weighted by molar-refractivity contribution is -0.133. The molecule has 4 unspecified atom stereocenters. The van der Waals surface area contributed by atoms with E-state index in [1.165, 1.54) is 0 Å². The van der Waals surface area contributed by atoms with Gasteiger partial charge in [0, 0.05) is 11.1 Å². The Kier molecular flexibility index (Phi) is 5.17. The number of carbonyl (C=O) groups excluding carboxylic acids is 4. The number of fused-ring (bicyclic) bond motifs is 10. The molecule has 238 valence electrons. The van der Waals surface area contributed by atoms with E-state index in [2.05, 4.69) is 0 Å². The first-order chi connectivity index (χ1) is 24.5. The Morgan fingerprint density at radius 1 is 0.380 bits per heavy atom. The van der Waals surface area contributed by atoms with E-state index < -0.39 is 24.2 Å². The quantitative estimate of drug-likeness (QED) is 0.233. The number of nitrogens with zero attached hydrogens (tertiary/aromatic N) is 6. The molecule has 0 N–H and O–H groups in total. The first kappa shape index (κ1) is 27.3. The number of aliphatic imine (C=N–C) groups is 2. The van der Waals surface area contributed by atoms with Gasteiger partial charge >= 0.3 is 0 Å². The SMILES string of the molecule is O=C1C(c2ccc(C3C(=O)N4c5ccccc5N=C5c6ccccc6N(C3=O)C54)cc2)C(=O)N2c3ccccc3C3=Nc4ccccc4N1C32. The van der Waals surface area contributed by atoms with Gasteiger partial charge < -0.3 is 0 Å². The smallest absolute Gasteiger partial charge is 0.246 e. The van der Waals surface area contributed by atoms with Crippen LogP contribution in [0.15, 0.2) is 131 Å². The molecule has 50 heavy (non-hydrogen) atoms. The van der Waals surface area contributed by atoms with Crippen molar-refractivity contribution in [1.82, 2.24) is 0 Å². The number of carbonyl (C=O) groups is 4. The second kappa shape index (κ2) is 9.48. The third kappa shape index (κ3) is 3.27. The summed E-state index contributed by atoms with van der Waals surface area (Å²) in [6.07, 6.45) is -1.35. The maximum Gasteiger partial charge on any atom is 0.246 e. The van der Waals surface area contributed by atoms with Crippen molar-refractivity contribution in [2.75, 3.05) is 19.6 Å². The summed E-state index contributed by atoms with van der Waals surface area (Å²) >= 11 is 0. The highest BCUT2D eigenvalue weighted by atomic mass is 16.2. The largest absolute Gasteiger partial charge is 0.283 e. The summed E-state index contributed by atoms with van der Waals surface area (Å²) in [6, 6.07) is 36.9. The number of rotatable bonds is 2. The summed E-state index contributed by atoms with van der Waals surface area (Å²) < 4.78 is 0. The van der Waals surface area contributed by atoms with Crippen molar-refractivity contribution in [3.8, 4) is 0 Å². The summed E-state index contributed by atoms with van der Waals surface area (Å²) in [5.41, 5.74) is 7.94. The van der Waals surface area contributed by atoms with Gasteiger partial charge in [-0.15, -0.1) is 0 Å². The summed E-state index contributed by atoms with van der Waals surface area (Å²) in [4.78, 5) is 74.2. The molecule has 5 aromatic carbocycles. The Balaban J connectivity index is 1.01. The fourth-order valence-corrected chi connectivity index (χ4v) is 8.52. The first-order valence-corrected chi connectivity index (χ1v) is 16.5. The summed E-state index contributed by atoms with van der Waals surface area (Å²) in [5, 5.41) is 0. The van der Waals surface area contributed by atoms with Gasteiger partial charge in [-0.3, -0.25) is 38.8 Å². The summed E-state index contributed by atoms with van der Waals surface area (Å²) in [7, 11) is 0. The average Bonchev–Trinajstić information content (AvgIpc) is 3.65. The molecule has 4 amide bonds. The maximum atomic E-state index is 14.5.